The number of aromatic nitrogens is 1. The van der Waals surface area contributed by atoms with Crippen LogP contribution in [0.15, 0.2) is 140 Å². The third-order valence-electron chi connectivity index (χ3n) is 13.2. The molecule has 0 amide bonds. The van der Waals surface area contributed by atoms with Crippen LogP contribution in [0.2, 0.25) is 0 Å². The Morgan fingerprint density at radius 2 is 1.11 bits per heavy atom. The van der Waals surface area contributed by atoms with Crippen molar-refractivity contribution < 1.29 is 0 Å². The van der Waals surface area contributed by atoms with Crippen molar-refractivity contribution >= 4 is 71.2 Å². The number of likely N-dealkylation sites (N-methyl/N-ethyl adjacent to an activating group) is 1. The molecule has 0 saturated heterocycles. The zero-order chi connectivity index (χ0) is 36.4. The zero-order valence-electron chi connectivity index (χ0n) is 31.6. The molecule has 1 aliphatic heterocycles. The predicted octanol–water partition coefficient (Wildman–Crippen LogP) is 12.9. The van der Waals surface area contributed by atoms with E-state index in [-0.39, 0.29) is 6.04 Å². The number of benzene rings is 8. The van der Waals surface area contributed by atoms with Gasteiger partial charge in [0.15, 0.2) is 0 Å². The summed E-state index contributed by atoms with van der Waals surface area (Å²) in [5.74, 6) is 0.301. The van der Waals surface area contributed by atoms with E-state index in [4.69, 9.17) is 0 Å². The summed E-state index contributed by atoms with van der Waals surface area (Å²) in [7, 11) is 4.61. The highest BCUT2D eigenvalue weighted by molar-refractivity contribution is 6.31. The Bertz CT molecular complexity index is 3010. The first kappa shape index (κ1) is 31.5. The molecule has 11 rings (SSSR count). The lowest BCUT2D eigenvalue weighted by Crippen LogP contribution is -2.41. The van der Waals surface area contributed by atoms with E-state index < -0.39 is 0 Å². The molecule has 0 N–H and O–H groups in total. The van der Waals surface area contributed by atoms with Crippen LogP contribution in [-0.4, -0.2) is 17.7 Å². The van der Waals surface area contributed by atoms with Crippen LogP contribution in [0.4, 0.5) is 17.1 Å². The van der Waals surface area contributed by atoms with Gasteiger partial charge in [-0.3, -0.25) is 0 Å². The lowest BCUT2D eigenvalue weighted by Gasteiger charge is -2.44. The SMILES string of the molecule is Cc1cc2c(c3ccccc13)C1c3ccccc3C(N(c3ccccc3)c3c(C)c4c(c5ccccc35)c3c5ccccc5c(C)cc3n4C)CC1N2C. The lowest BCUT2D eigenvalue weighted by molar-refractivity contribution is 0.461. The molecule has 0 spiro atoms. The highest BCUT2D eigenvalue weighted by atomic mass is 15.2. The number of fused-ring (bicyclic) bond motifs is 14. The highest BCUT2D eigenvalue weighted by Gasteiger charge is 2.47. The first-order chi connectivity index (χ1) is 26.4. The van der Waals surface area contributed by atoms with Gasteiger partial charge >= 0.3 is 0 Å². The van der Waals surface area contributed by atoms with E-state index in [1.807, 2.05) is 0 Å². The maximum Gasteiger partial charge on any atom is 0.0614 e. The van der Waals surface area contributed by atoms with Gasteiger partial charge in [-0.25, -0.2) is 0 Å². The number of anilines is 3. The summed E-state index contributed by atoms with van der Waals surface area (Å²) in [5, 5.41) is 10.7. The molecule has 9 aromatic rings. The Labute approximate surface area is 316 Å². The Balaban J connectivity index is 1.22. The van der Waals surface area contributed by atoms with Gasteiger partial charge in [-0.15, -0.1) is 0 Å². The normalized spacial score (nSPS) is 17.8. The van der Waals surface area contributed by atoms with Crippen LogP contribution in [-0.2, 0) is 7.05 Å². The predicted molar refractivity (Wildman–Crippen MR) is 230 cm³/mol. The summed E-state index contributed by atoms with van der Waals surface area (Å²) in [5.41, 5.74) is 14.8. The van der Waals surface area contributed by atoms with E-state index in [0.29, 0.717) is 12.0 Å². The molecule has 0 saturated carbocycles. The highest BCUT2D eigenvalue weighted by Crippen LogP contribution is 2.57. The van der Waals surface area contributed by atoms with Crippen molar-refractivity contribution in [3.8, 4) is 0 Å². The Morgan fingerprint density at radius 1 is 0.556 bits per heavy atom. The molecule has 1 aliphatic carbocycles. The van der Waals surface area contributed by atoms with Crippen molar-refractivity contribution in [2.75, 3.05) is 16.8 Å². The monoisotopic (exact) mass is 697 g/mol. The van der Waals surface area contributed by atoms with E-state index in [1.54, 1.807) is 0 Å². The van der Waals surface area contributed by atoms with Gasteiger partial charge in [0.25, 0.3) is 0 Å². The van der Waals surface area contributed by atoms with Gasteiger partial charge in [0.1, 0.15) is 0 Å². The number of rotatable bonds is 3. The summed E-state index contributed by atoms with van der Waals surface area (Å²) < 4.78 is 2.47. The molecule has 0 fully saturated rings. The molecule has 0 radical (unpaired) electrons. The number of aryl methyl sites for hydroxylation is 4. The Morgan fingerprint density at radius 3 is 1.83 bits per heavy atom. The van der Waals surface area contributed by atoms with Gasteiger partial charge in [-0.1, -0.05) is 115 Å². The summed E-state index contributed by atoms with van der Waals surface area (Å²) in [6.45, 7) is 6.90. The quantitative estimate of drug-likeness (QED) is 0.182. The van der Waals surface area contributed by atoms with Crippen molar-refractivity contribution in [3.63, 3.8) is 0 Å². The molecule has 3 unspecified atom stereocenters. The van der Waals surface area contributed by atoms with E-state index in [1.165, 1.54) is 105 Å². The molecule has 3 nitrogen and oxygen atoms in total. The minimum absolute atomic E-state index is 0.117. The van der Waals surface area contributed by atoms with Crippen LogP contribution in [0.3, 0.4) is 0 Å². The molecule has 2 heterocycles. The lowest BCUT2D eigenvalue weighted by atomic mass is 9.73. The standard InChI is InChI=1S/C51H43N3/c1-30-27-43-46(37-22-12-9-19-34(30)37)47-39-24-14-11-21-36(39)42(29-45(47)52(43)4)54(33-17-7-6-8-18-33)50-32(3)51-49(40-25-15-16-26-41(40)50)48-38-23-13-10-20-35(38)31(2)28-44(48)53(51)5/h6-28,42,45,47H,29H2,1-5H3. The maximum atomic E-state index is 2.72. The minimum Gasteiger partial charge on any atom is -0.370 e. The van der Waals surface area contributed by atoms with Crippen molar-refractivity contribution in [1.82, 2.24) is 4.57 Å². The Kier molecular flexibility index (Phi) is 6.68. The molecule has 0 bridgehead atoms. The third kappa shape index (κ3) is 4.13. The van der Waals surface area contributed by atoms with Crippen molar-refractivity contribution in [3.05, 3.63) is 173 Å². The van der Waals surface area contributed by atoms with Crippen LogP contribution >= 0.6 is 0 Å². The first-order valence-corrected chi connectivity index (χ1v) is 19.4. The number of para-hydroxylation sites is 1. The summed E-state index contributed by atoms with van der Waals surface area (Å²) in [4.78, 5) is 5.32. The molecule has 262 valence electrons. The van der Waals surface area contributed by atoms with Crippen LogP contribution < -0.4 is 9.80 Å². The van der Waals surface area contributed by atoms with Gasteiger partial charge in [-0.2, -0.15) is 0 Å². The molecule has 8 aromatic carbocycles. The van der Waals surface area contributed by atoms with Gasteiger partial charge in [0.2, 0.25) is 0 Å². The molecule has 1 aromatic heterocycles. The number of hydrogen-bond donors (Lipinski definition) is 0. The summed E-state index contributed by atoms with van der Waals surface area (Å²) >= 11 is 0. The van der Waals surface area contributed by atoms with Gasteiger partial charge < -0.3 is 14.4 Å². The average Bonchev–Trinajstić information content (AvgIpc) is 3.67. The molecular formula is C51H43N3. The first-order valence-electron chi connectivity index (χ1n) is 19.4. The molecular weight excluding hydrogens is 655 g/mol. The third-order valence-corrected chi connectivity index (χ3v) is 13.2. The van der Waals surface area contributed by atoms with E-state index in [9.17, 15) is 0 Å². The van der Waals surface area contributed by atoms with Crippen LogP contribution in [0.1, 0.15) is 51.8 Å². The smallest absolute Gasteiger partial charge is 0.0614 e. The summed E-state index contributed by atoms with van der Waals surface area (Å²) in [6.07, 6.45) is 1.000. The van der Waals surface area contributed by atoms with Crippen molar-refractivity contribution in [2.24, 2.45) is 7.05 Å². The van der Waals surface area contributed by atoms with Crippen molar-refractivity contribution in [2.45, 2.75) is 45.2 Å². The van der Waals surface area contributed by atoms with Gasteiger partial charge in [0, 0.05) is 59.1 Å². The van der Waals surface area contributed by atoms with E-state index >= 15 is 0 Å². The molecule has 3 heteroatoms. The molecule has 54 heavy (non-hydrogen) atoms. The largest absolute Gasteiger partial charge is 0.370 e. The van der Waals surface area contributed by atoms with E-state index in [0.717, 1.165) is 6.42 Å². The van der Waals surface area contributed by atoms with E-state index in [2.05, 4.69) is 189 Å². The molecule has 3 atom stereocenters. The maximum absolute atomic E-state index is 2.72. The zero-order valence-corrected chi connectivity index (χ0v) is 31.6. The number of nitrogens with zero attached hydrogens (tertiary/aromatic N) is 3. The van der Waals surface area contributed by atoms with Crippen molar-refractivity contribution in [1.29, 1.82) is 0 Å². The Hall–Kier alpha value is -6.06. The number of hydrogen-bond acceptors (Lipinski definition) is 2. The van der Waals surface area contributed by atoms with Crippen LogP contribution in [0, 0.1) is 20.8 Å². The average molecular weight is 698 g/mol. The fourth-order valence-electron chi connectivity index (χ4n) is 10.9. The van der Waals surface area contributed by atoms with Crippen LogP contribution in [0.25, 0.3) is 54.1 Å². The second-order valence-electron chi connectivity index (χ2n) is 15.8. The van der Waals surface area contributed by atoms with Gasteiger partial charge in [0.05, 0.1) is 17.2 Å². The van der Waals surface area contributed by atoms with Gasteiger partial charge in [-0.05, 0) is 112 Å². The topological polar surface area (TPSA) is 11.4 Å². The molecule has 2 aliphatic rings. The fraction of sp³-hybridized carbons (Fsp3) is 0.176. The minimum atomic E-state index is 0.117. The second-order valence-corrected chi connectivity index (χ2v) is 15.8. The van der Waals surface area contributed by atoms with Crippen LogP contribution in [0.5, 0.6) is 0 Å². The second kappa shape index (κ2) is 11.5. The fourth-order valence-corrected chi connectivity index (χ4v) is 10.9. The summed E-state index contributed by atoms with van der Waals surface area (Å²) in [6, 6.07) is 53.0.